The molecule has 1 heterocycles. The lowest BCUT2D eigenvalue weighted by atomic mass is 10.3. The molecule has 4 nitrogen and oxygen atoms in total. The van der Waals surface area contributed by atoms with E-state index in [9.17, 15) is 4.48 Å². The topological polar surface area (TPSA) is 39.7 Å². The summed E-state index contributed by atoms with van der Waals surface area (Å²) >= 11 is 0. The Morgan fingerprint density at radius 3 is 2.86 bits per heavy atom. The molecule has 0 aliphatic carbocycles. The quantitative estimate of drug-likeness (QED) is 0.660. The van der Waals surface area contributed by atoms with Gasteiger partial charge in [-0.1, -0.05) is 22.7 Å². The van der Waals surface area contributed by atoms with Crippen molar-refractivity contribution in [1.82, 2.24) is 10.8 Å². The number of halogens is 1. The number of hydrogen-bond donors (Lipinski definition) is 2. The average molecular weight is 191 g/mol. The predicted molar refractivity (Wildman–Crippen MR) is 51.4 cm³/mol. The van der Waals surface area contributed by atoms with Crippen molar-refractivity contribution in [2.24, 2.45) is 5.10 Å². The van der Waals surface area contributed by atoms with Crippen molar-refractivity contribution in [2.75, 3.05) is 5.32 Å². The maximum Gasteiger partial charge on any atom is 0.157 e. The van der Waals surface area contributed by atoms with E-state index in [1.165, 1.54) is 6.08 Å². The molecule has 2 rings (SSSR count). The van der Waals surface area contributed by atoms with Crippen LogP contribution in [-0.2, 0) is 0 Å². The van der Waals surface area contributed by atoms with Crippen molar-refractivity contribution in [3.8, 4) is 0 Å². The normalized spacial score (nSPS) is 14.6. The molecule has 0 saturated carbocycles. The van der Waals surface area contributed by atoms with Crippen LogP contribution in [0.5, 0.6) is 0 Å². The molecule has 0 saturated heterocycles. The van der Waals surface area contributed by atoms with Gasteiger partial charge in [0.2, 0.25) is 0 Å². The SMILES string of the molecule is FN1N=C(Nc2ccccc2)C=[C]N1. The number of nitrogens with zero attached hydrogens (tertiary/aromatic N) is 2. The fraction of sp³-hybridized carbons (Fsp3) is 0. The van der Waals surface area contributed by atoms with E-state index in [1.54, 1.807) is 0 Å². The van der Waals surface area contributed by atoms with Gasteiger partial charge in [-0.3, -0.25) is 5.43 Å². The van der Waals surface area contributed by atoms with Gasteiger partial charge in [0.25, 0.3) is 0 Å². The van der Waals surface area contributed by atoms with Crippen LogP contribution in [0.1, 0.15) is 0 Å². The second-order valence-corrected chi connectivity index (χ2v) is 2.64. The third-order valence-electron chi connectivity index (χ3n) is 1.61. The summed E-state index contributed by atoms with van der Waals surface area (Å²) in [6.07, 6.45) is 4.00. The van der Waals surface area contributed by atoms with Gasteiger partial charge in [0.05, 0.1) is 6.20 Å². The van der Waals surface area contributed by atoms with Crippen molar-refractivity contribution in [3.63, 3.8) is 0 Å². The first kappa shape index (κ1) is 8.55. The van der Waals surface area contributed by atoms with Crippen molar-refractivity contribution >= 4 is 11.5 Å². The summed E-state index contributed by atoms with van der Waals surface area (Å²) in [5, 5.41) is 6.53. The zero-order chi connectivity index (χ0) is 9.80. The Kier molecular flexibility index (Phi) is 2.31. The highest BCUT2D eigenvalue weighted by atomic mass is 19.2. The minimum Gasteiger partial charge on any atom is -0.339 e. The highest BCUT2D eigenvalue weighted by molar-refractivity contribution is 6.03. The smallest absolute Gasteiger partial charge is 0.157 e. The molecule has 5 heteroatoms. The number of rotatable bonds is 1. The van der Waals surface area contributed by atoms with Crippen LogP contribution < -0.4 is 10.7 Å². The van der Waals surface area contributed by atoms with E-state index in [2.05, 4.69) is 22.0 Å². The number of benzene rings is 1. The molecular weight excluding hydrogens is 183 g/mol. The molecule has 14 heavy (non-hydrogen) atoms. The Bertz CT molecular complexity index is 360. The van der Waals surface area contributed by atoms with Crippen LogP contribution in [0.2, 0.25) is 0 Å². The first-order chi connectivity index (χ1) is 6.84. The number of nitrogens with one attached hydrogen (secondary N) is 2. The molecule has 1 aliphatic heterocycles. The lowest BCUT2D eigenvalue weighted by Crippen LogP contribution is -2.28. The minimum absolute atomic E-state index is 0.0886. The Balaban J connectivity index is 2.08. The van der Waals surface area contributed by atoms with Crippen molar-refractivity contribution < 1.29 is 4.48 Å². The molecule has 71 valence electrons. The number of hydrogen-bond acceptors (Lipinski definition) is 4. The van der Waals surface area contributed by atoms with Crippen LogP contribution in [0.15, 0.2) is 41.5 Å². The highest BCUT2D eigenvalue weighted by Gasteiger charge is 2.04. The minimum atomic E-state index is 0.0886. The van der Waals surface area contributed by atoms with Crippen molar-refractivity contribution in [3.05, 3.63) is 42.6 Å². The molecule has 0 aromatic heterocycles. The predicted octanol–water partition coefficient (Wildman–Crippen LogP) is 1.43. The van der Waals surface area contributed by atoms with Gasteiger partial charge in [-0.2, -0.15) is 0 Å². The Morgan fingerprint density at radius 2 is 2.14 bits per heavy atom. The van der Waals surface area contributed by atoms with Crippen LogP contribution in [0.3, 0.4) is 0 Å². The molecule has 1 radical (unpaired) electrons. The maximum absolute atomic E-state index is 12.5. The summed E-state index contributed by atoms with van der Waals surface area (Å²) in [6.45, 7) is 0. The Morgan fingerprint density at radius 1 is 1.36 bits per heavy atom. The lowest BCUT2D eigenvalue weighted by Gasteiger charge is -2.13. The lowest BCUT2D eigenvalue weighted by molar-refractivity contribution is -0.0169. The number of amidine groups is 1. The van der Waals surface area contributed by atoms with Gasteiger partial charge in [-0.15, -0.1) is 5.10 Å². The summed E-state index contributed by atoms with van der Waals surface area (Å²) in [4.78, 5) is 0. The molecule has 0 bridgehead atoms. The molecule has 0 fully saturated rings. The number of hydrazine groups is 1. The molecule has 0 spiro atoms. The summed E-state index contributed by atoms with van der Waals surface area (Å²) in [7, 11) is 0. The number of para-hydroxylation sites is 1. The van der Waals surface area contributed by atoms with Crippen LogP contribution in [0.4, 0.5) is 10.2 Å². The van der Waals surface area contributed by atoms with Gasteiger partial charge in [0, 0.05) is 11.8 Å². The molecule has 1 aromatic rings. The number of hydrazone groups is 1. The molecule has 0 atom stereocenters. The summed E-state index contributed by atoms with van der Waals surface area (Å²) in [5.74, 6) is 0.387. The second-order valence-electron chi connectivity index (χ2n) is 2.64. The van der Waals surface area contributed by atoms with E-state index in [0.29, 0.717) is 5.84 Å². The van der Waals surface area contributed by atoms with E-state index in [-0.39, 0.29) is 5.34 Å². The third kappa shape index (κ3) is 2.01. The number of anilines is 1. The molecule has 1 aliphatic rings. The monoisotopic (exact) mass is 191 g/mol. The maximum atomic E-state index is 12.5. The second kappa shape index (κ2) is 3.78. The molecule has 0 amide bonds. The van der Waals surface area contributed by atoms with Crippen LogP contribution in [-0.4, -0.2) is 11.2 Å². The van der Waals surface area contributed by atoms with Gasteiger partial charge in [-0.05, 0) is 17.5 Å². The van der Waals surface area contributed by atoms with E-state index >= 15 is 0 Å². The van der Waals surface area contributed by atoms with Crippen LogP contribution in [0, 0.1) is 6.20 Å². The van der Waals surface area contributed by atoms with Gasteiger partial charge >= 0.3 is 0 Å². The van der Waals surface area contributed by atoms with Gasteiger partial charge < -0.3 is 5.32 Å². The zero-order valence-corrected chi connectivity index (χ0v) is 7.24. The molecule has 2 N–H and O–H groups in total. The first-order valence-corrected chi connectivity index (χ1v) is 4.05. The van der Waals surface area contributed by atoms with E-state index < -0.39 is 0 Å². The Labute approximate surface area is 80.6 Å². The standard InChI is InChI=1S/C9H8FN4/c10-14-11-7-6-9(13-14)12-8-4-2-1-3-5-8/h1-6,11H,(H,12,13). The highest BCUT2D eigenvalue weighted by Crippen LogP contribution is 2.06. The van der Waals surface area contributed by atoms with Gasteiger partial charge in [0.15, 0.2) is 5.84 Å². The Hall–Kier alpha value is -2.04. The van der Waals surface area contributed by atoms with E-state index in [4.69, 9.17) is 0 Å². The third-order valence-corrected chi connectivity index (χ3v) is 1.61. The van der Waals surface area contributed by atoms with Gasteiger partial charge in [0.1, 0.15) is 0 Å². The summed E-state index contributed by atoms with van der Waals surface area (Å²) in [5.41, 5.74) is 2.98. The summed E-state index contributed by atoms with van der Waals surface area (Å²) in [6, 6.07) is 9.38. The van der Waals surface area contributed by atoms with Crippen molar-refractivity contribution in [2.45, 2.75) is 0 Å². The first-order valence-electron chi connectivity index (χ1n) is 4.05. The van der Waals surface area contributed by atoms with Gasteiger partial charge in [-0.25, -0.2) is 0 Å². The van der Waals surface area contributed by atoms with Crippen LogP contribution in [0.25, 0.3) is 0 Å². The molecular formula is C9H8FN4. The zero-order valence-electron chi connectivity index (χ0n) is 7.24. The fourth-order valence-electron chi connectivity index (χ4n) is 1.03. The largest absolute Gasteiger partial charge is 0.339 e. The van der Waals surface area contributed by atoms with Crippen molar-refractivity contribution in [1.29, 1.82) is 0 Å². The molecule has 1 aromatic carbocycles. The molecule has 0 unspecified atom stereocenters. The van der Waals surface area contributed by atoms with E-state index in [0.717, 1.165) is 5.69 Å². The summed E-state index contributed by atoms with van der Waals surface area (Å²) < 4.78 is 12.5. The average Bonchev–Trinajstić information content (AvgIpc) is 2.19. The van der Waals surface area contributed by atoms with Crippen LogP contribution >= 0.6 is 0 Å². The van der Waals surface area contributed by atoms with E-state index in [1.807, 2.05) is 30.3 Å². The fourth-order valence-corrected chi connectivity index (χ4v) is 1.03.